The predicted molar refractivity (Wildman–Crippen MR) is 75.7 cm³/mol. The standard InChI is InChI=1S/C15H16N4/c1-10-8-14(19(2)18-10)15(16)12-6-5-11-4-3-7-17-13(11)9-12/h3-9,15H,16H2,1-2H3. The van der Waals surface area contributed by atoms with Gasteiger partial charge in [0.1, 0.15) is 0 Å². The minimum Gasteiger partial charge on any atom is -0.319 e. The molecule has 1 aromatic carbocycles. The fourth-order valence-electron chi connectivity index (χ4n) is 2.37. The van der Waals surface area contributed by atoms with Crippen LogP contribution in [0, 0.1) is 6.92 Å². The number of nitrogens with zero attached hydrogens (tertiary/aromatic N) is 3. The highest BCUT2D eigenvalue weighted by Gasteiger charge is 2.14. The monoisotopic (exact) mass is 252 g/mol. The molecule has 0 aliphatic heterocycles. The Balaban J connectivity index is 2.06. The van der Waals surface area contributed by atoms with Crippen molar-refractivity contribution >= 4 is 10.9 Å². The Labute approximate surface area is 111 Å². The molecule has 1 unspecified atom stereocenters. The molecule has 19 heavy (non-hydrogen) atoms. The third-order valence-corrected chi connectivity index (χ3v) is 3.35. The van der Waals surface area contributed by atoms with Crippen molar-refractivity contribution in [2.45, 2.75) is 13.0 Å². The van der Waals surface area contributed by atoms with Gasteiger partial charge in [0.05, 0.1) is 22.9 Å². The van der Waals surface area contributed by atoms with Crippen LogP contribution in [0.2, 0.25) is 0 Å². The molecule has 0 bridgehead atoms. The average Bonchev–Trinajstić information content (AvgIpc) is 2.76. The van der Waals surface area contributed by atoms with Crippen LogP contribution >= 0.6 is 0 Å². The van der Waals surface area contributed by atoms with Gasteiger partial charge >= 0.3 is 0 Å². The summed E-state index contributed by atoms with van der Waals surface area (Å²) in [7, 11) is 1.92. The molecule has 3 aromatic rings. The van der Waals surface area contributed by atoms with Crippen LogP contribution in [-0.2, 0) is 7.05 Å². The first kappa shape index (κ1) is 11.9. The third kappa shape index (κ3) is 2.11. The smallest absolute Gasteiger partial charge is 0.0724 e. The Kier molecular flexibility index (Phi) is 2.80. The van der Waals surface area contributed by atoms with E-state index in [0.717, 1.165) is 27.9 Å². The fourth-order valence-corrected chi connectivity index (χ4v) is 2.37. The van der Waals surface area contributed by atoms with Crippen LogP contribution < -0.4 is 5.73 Å². The van der Waals surface area contributed by atoms with E-state index in [1.807, 2.05) is 42.9 Å². The second-order valence-corrected chi connectivity index (χ2v) is 4.77. The second kappa shape index (κ2) is 4.48. The van der Waals surface area contributed by atoms with Crippen LogP contribution in [-0.4, -0.2) is 14.8 Å². The molecule has 0 aliphatic rings. The Morgan fingerprint density at radius 3 is 2.79 bits per heavy atom. The van der Waals surface area contributed by atoms with E-state index in [4.69, 9.17) is 5.73 Å². The SMILES string of the molecule is Cc1cc(C(N)c2ccc3cccnc3c2)n(C)n1. The van der Waals surface area contributed by atoms with Crippen molar-refractivity contribution in [3.8, 4) is 0 Å². The lowest BCUT2D eigenvalue weighted by molar-refractivity contribution is 0.669. The molecule has 0 radical (unpaired) electrons. The van der Waals surface area contributed by atoms with E-state index in [-0.39, 0.29) is 6.04 Å². The minimum atomic E-state index is -0.183. The summed E-state index contributed by atoms with van der Waals surface area (Å²) < 4.78 is 1.84. The molecule has 3 rings (SSSR count). The molecule has 0 amide bonds. The summed E-state index contributed by atoms with van der Waals surface area (Å²) in [6.07, 6.45) is 1.80. The molecule has 0 saturated carbocycles. The predicted octanol–water partition coefficient (Wildman–Crippen LogP) is 2.32. The highest BCUT2D eigenvalue weighted by Crippen LogP contribution is 2.23. The van der Waals surface area contributed by atoms with Crippen molar-refractivity contribution in [1.29, 1.82) is 0 Å². The maximum atomic E-state index is 6.33. The summed E-state index contributed by atoms with van der Waals surface area (Å²) in [5.41, 5.74) is 10.3. The Hall–Kier alpha value is -2.20. The lowest BCUT2D eigenvalue weighted by atomic mass is 10.0. The van der Waals surface area contributed by atoms with Gasteiger partial charge in [-0.25, -0.2) is 0 Å². The van der Waals surface area contributed by atoms with Gasteiger partial charge in [-0.15, -0.1) is 0 Å². The number of nitrogens with two attached hydrogens (primary N) is 1. The Morgan fingerprint density at radius 2 is 2.05 bits per heavy atom. The van der Waals surface area contributed by atoms with Crippen molar-refractivity contribution in [3.05, 3.63) is 59.5 Å². The van der Waals surface area contributed by atoms with Crippen molar-refractivity contribution in [1.82, 2.24) is 14.8 Å². The molecule has 2 heterocycles. The maximum absolute atomic E-state index is 6.33. The van der Waals surface area contributed by atoms with Gasteiger partial charge in [0.25, 0.3) is 0 Å². The molecule has 0 fully saturated rings. The number of benzene rings is 1. The molecular weight excluding hydrogens is 236 g/mol. The number of aryl methyl sites for hydroxylation is 2. The number of aromatic nitrogens is 3. The van der Waals surface area contributed by atoms with Crippen molar-refractivity contribution < 1.29 is 0 Å². The molecule has 0 saturated heterocycles. The van der Waals surface area contributed by atoms with Crippen LogP contribution in [0.5, 0.6) is 0 Å². The average molecular weight is 252 g/mol. The number of hydrogen-bond acceptors (Lipinski definition) is 3. The summed E-state index contributed by atoms with van der Waals surface area (Å²) in [5, 5.41) is 5.47. The molecule has 96 valence electrons. The van der Waals surface area contributed by atoms with E-state index >= 15 is 0 Å². The van der Waals surface area contributed by atoms with Crippen LogP contribution in [0.15, 0.2) is 42.6 Å². The van der Waals surface area contributed by atoms with Gasteiger partial charge in [0.2, 0.25) is 0 Å². The molecule has 1 atom stereocenters. The van der Waals surface area contributed by atoms with Crippen LogP contribution in [0.1, 0.15) is 23.0 Å². The third-order valence-electron chi connectivity index (χ3n) is 3.35. The van der Waals surface area contributed by atoms with E-state index in [1.165, 1.54) is 0 Å². The van der Waals surface area contributed by atoms with Gasteiger partial charge in [-0.2, -0.15) is 5.10 Å². The number of fused-ring (bicyclic) bond motifs is 1. The van der Waals surface area contributed by atoms with Gasteiger partial charge in [0, 0.05) is 18.6 Å². The van der Waals surface area contributed by atoms with Gasteiger partial charge in [-0.1, -0.05) is 18.2 Å². The molecular formula is C15H16N4. The maximum Gasteiger partial charge on any atom is 0.0724 e. The first-order valence-corrected chi connectivity index (χ1v) is 6.26. The minimum absolute atomic E-state index is 0.183. The molecule has 0 aliphatic carbocycles. The molecule has 4 heteroatoms. The summed E-state index contributed by atoms with van der Waals surface area (Å²) in [4.78, 5) is 4.37. The topological polar surface area (TPSA) is 56.7 Å². The Morgan fingerprint density at radius 1 is 1.21 bits per heavy atom. The zero-order valence-electron chi connectivity index (χ0n) is 11.0. The summed E-state index contributed by atoms with van der Waals surface area (Å²) in [5.74, 6) is 0. The van der Waals surface area contributed by atoms with Gasteiger partial charge in [-0.05, 0) is 30.7 Å². The lowest BCUT2D eigenvalue weighted by Gasteiger charge is -2.13. The van der Waals surface area contributed by atoms with Crippen LogP contribution in [0.3, 0.4) is 0 Å². The van der Waals surface area contributed by atoms with Crippen LogP contribution in [0.4, 0.5) is 0 Å². The quantitative estimate of drug-likeness (QED) is 0.761. The highest BCUT2D eigenvalue weighted by atomic mass is 15.3. The molecule has 2 N–H and O–H groups in total. The van der Waals surface area contributed by atoms with E-state index in [2.05, 4.69) is 22.2 Å². The molecule has 2 aromatic heterocycles. The highest BCUT2D eigenvalue weighted by molar-refractivity contribution is 5.79. The van der Waals surface area contributed by atoms with E-state index < -0.39 is 0 Å². The summed E-state index contributed by atoms with van der Waals surface area (Å²) in [6.45, 7) is 1.97. The molecule has 4 nitrogen and oxygen atoms in total. The van der Waals surface area contributed by atoms with Crippen molar-refractivity contribution in [2.24, 2.45) is 12.8 Å². The number of pyridine rings is 1. The zero-order valence-corrected chi connectivity index (χ0v) is 11.0. The normalized spacial score (nSPS) is 12.8. The van der Waals surface area contributed by atoms with Crippen molar-refractivity contribution in [3.63, 3.8) is 0 Å². The first-order valence-electron chi connectivity index (χ1n) is 6.26. The lowest BCUT2D eigenvalue weighted by Crippen LogP contribution is -2.15. The van der Waals surface area contributed by atoms with Crippen LogP contribution in [0.25, 0.3) is 10.9 Å². The van der Waals surface area contributed by atoms with Gasteiger partial charge < -0.3 is 5.73 Å². The van der Waals surface area contributed by atoms with E-state index in [9.17, 15) is 0 Å². The molecule has 0 spiro atoms. The van der Waals surface area contributed by atoms with Gasteiger partial charge in [0.15, 0.2) is 0 Å². The first-order chi connectivity index (χ1) is 9.15. The zero-order chi connectivity index (χ0) is 13.4. The number of rotatable bonds is 2. The summed E-state index contributed by atoms with van der Waals surface area (Å²) in [6, 6.07) is 12.0. The summed E-state index contributed by atoms with van der Waals surface area (Å²) >= 11 is 0. The second-order valence-electron chi connectivity index (χ2n) is 4.77. The number of hydrogen-bond donors (Lipinski definition) is 1. The largest absolute Gasteiger partial charge is 0.319 e. The Bertz CT molecular complexity index is 730. The fraction of sp³-hybridized carbons (Fsp3) is 0.200. The van der Waals surface area contributed by atoms with Gasteiger partial charge in [-0.3, -0.25) is 9.67 Å². The van der Waals surface area contributed by atoms with Crippen molar-refractivity contribution in [2.75, 3.05) is 0 Å². The van der Waals surface area contributed by atoms with E-state index in [0.29, 0.717) is 0 Å². The van der Waals surface area contributed by atoms with E-state index in [1.54, 1.807) is 6.20 Å².